The Kier molecular flexibility index (Phi) is 6.34. The molecule has 2 amide bonds. The van der Waals surface area contributed by atoms with E-state index in [1.54, 1.807) is 24.3 Å². The molecule has 0 aliphatic rings. The molecular weight excluding hydrogens is 312 g/mol. The molecule has 0 saturated carbocycles. The van der Waals surface area contributed by atoms with Gasteiger partial charge in [-0.15, -0.1) is 0 Å². The van der Waals surface area contributed by atoms with E-state index in [9.17, 15) is 9.59 Å². The van der Waals surface area contributed by atoms with Gasteiger partial charge in [-0.05, 0) is 61.2 Å². The van der Waals surface area contributed by atoms with Crippen molar-refractivity contribution in [2.45, 2.75) is 46.1 Å². The van der Waals surface area contributed by atoms with Gasteiger partial charge in [-0.2, -0.15) is 0 Å². The molecule has 1 unspecified atom stereocenters. The van der Waals surface area contributed by atoms with Gasteiger partial charge in [0.15, 0.2) is 0 Å². The highest BCUT2D eigenvalue weighted by Crippen LogP contribution is 2.18. The maximum Gasteiger partial charge on any atom is 0.255 e. The van der Waals surface area contributed by atoms with Gasteiger partial charge in [-0.1, -0.05) is 32.9 Å². The van der Waals surface area contributed by atoms with Crippen LogP contribution in [0.4, 0.5) is 5.69 Å². The molecule has 4 heteroatoms. The summed E-state index contributed by atoms with van der Waals surface area (Å²) in [6.07, 6.45) is 0.877. The molecule has 2 rings (SSSR count). The lowest BCUT2D eigenvalue weighted by Crippen LogP contribution is -2.31. The van der Waals surface area contributed by atoms with Gasteiger partial charge in [0, 0.05) is 22.9 Å². The third kappa shape index (κ3) is 5.18. The SMILES string of the molecule is CCC(C)NC(=O)c1ccc(C(=O)Nc2ccc(C(C)C)cc2)cc1. The number of rotatable bonds is 6. The van der Waals surface area contributed by atoms with Crippen LogP contribution in [0.15, 0.2) is 48.5 Å². The standard InChI is InChI=1S/C21H26N2O2/c1-5-15(4)22-20(24)17-6-8-18(9-7-17)21(25)23-19-12-10-16(11-13-19)14(2)3/h6-15H,5H2,1-4H3,(H,22,24)(H,23,25). The predicted octanol–water partition coefficient (Wildman–Crippen LogP) is 4.59. The molecule has 0 fully saturated rings. The molecule has 0 aromatic heterocycles. The number of carbonyl (C=O) groups excluding carboxylic acids is 2. The fraction of sp³-hybridized carbons (Fsp3) is 0.333. The maximum atomic E-state index is 12.3. The van der Waals surface area contributed by atoms with Crippen LogP contribution in [0, 0.1) is 0 Å². The average Bonchev–Trinajstić information content (AvgIpc) is 2.62. The number of amides is 2. The van der Waals surface area contributed by atoms with Gasteiger partial charge in [0.2, 0.25) is 0 Å². The van der Waals surface area contributed by atoms with E-state index >= 15 is 0 Å². The second-order valence-electron chi connectivity index (χ2n) is 6.59. The third-order valence-corrected chi connectivity index (χ3v) is 4.23. The molecule has 25 heavy (non-hydrogen) atoms. The molecule has 132 valence electrons. The molecule has 0 saturated heterocycles. The van der Waals surface area contributed by atoms with E-state index in [2.05, 4.69) is 24.5 Å². The van der Waals surface area contributed by atoms with Crippen LogP contribution in [0.1, 0.15) is 66.3 Å². The van der Waals surface area contributed by atoms with Crippen LogP contribution in [0.3, 0.4) is 0 Å². The van der Waals surface area contributed by atoms with Gasteiger partial charge < -0.3 is 10.6 Å². The van der Waals surface area contributed by atoms with E-state index in [0.29, 0.717) is 17.0 Å². The van der Waals surface area contributed by atoms with E-state index < -0.39 is 0 Å². The largest absolute Gasteiger partial charge is 0.350 e. The molecule has 2 aromatic rings. The fourth-order valence-electron chi connectivity index (χ4n) is 2.34. The van der Waals surface area contributed by atoms with Crippen LogP contribution in [0.2, 0.25) is 0 Å². The lowest BCUT2D eigenvalue weighted by molar-refractivity contribution is 0.0937. The molecule has 0 bridgehead atoms. The van der Waals surface area contributed by atoms with E-state index in [0.717, 1.165) is 12.1 Å². The molecule has 0 spiro atoms. The number of nitrogens with one attached hydrogen (secondary N) is 2. The lowest BCUT2D eigenvalue weighted by Gasteiger charge is -2.12. The van der Waals surface area contributed by atoms with Crippen molar-refractivity contribution in [3.63, 3.8) is 0 Å². The zero-order valence-corrected chi connectivity index (χ0v) is 15.3. The Balaban J connectivity index is 2.01. The van der Waals surface area contributed by atoms with E-state index in [4.69, 9.17) is 0 Å². The lowest BCUT2D eigenvalue weighted by atomic mass is 10.0. The fourth-order valence-corrected chi connectivity index (χ4v) is 2.34. The molecule has 4 nitrogen and oxygen atoms in total. The van der Waals surface area contributed by atoms with E-state index in [-0.39, 0.29) is 17.9 Å². The highest BCUT2D eigenvalue weighted by atomic mass is 16.2. The third-order valence-electron chi connectivity index (χ3n) is 4.23. The minimum absolute atomic E-state index is 0.120. The van der Waals surface area contributed by atoms with Crippen LogP contribution in [-0.4, -0.2) is 17.9 Å². The van der Waals surface area contributed by atoms with Gasteiger partial charge in [-0.25, -0.2) is 0 Å². The van der Waals surface area contributed by atoms with E-state index in [1.165, 1.54) is 5.56 Å². The van der Waals surface area contributed by atoms with Crippen molar-refractivity contribution in [3.8, 4) is 0 Å². The van der Waals surface area contributed by atoms with Gasteiger partial charge in [0.1, 0.15) is 0 Å². The summed E-state index contributed by atoms with van der Waals surface area (Å²) in [6, 6.07) is 14.7. The molecule has 2 aromatic carbocycles. The number of anilines is 1. The average molecular weight is 338 g/mol. The minimum atomic E-state index is -0.189. The number of carbonyl (C=O) groups is 2. The highest BCUT2D eigenvalue weighted by molar-refractivity contribution is 6.05. The monoisotopic (exact) mass is 338 g/mol. The summed E-state index contributed by atoms with van der Waals surface area (Å²) in [7, 11) is 0. The topological polar surface area (TPSA) is 58.2 Å². The Labute approximate surface area is 149 Å². The smallest absolute Gasteiger partial charge is 0.255 e. The van der Waals surface area contributed by atoms with Gasteiger partial charge in [0.05, 0.1) is 0 Å². The van der Waals surface area contributed by atoms with Crippen LogP contribution >= 0.6 is 0 Å². The zero-order valence-electron chi connectivity index (χ0n) is 15.3. The number of hydrogen-bond acceptors (Lipinski definition) is 2. The number of benzene rings is 2. The van der Waals surface area contributed by atoms with Crippen molar-refractivity contribution in [1.82, 2.24) is 5.32 Å². The van der Waals surface area contributed by atoms with Crippen molar-refractivity contribution in [3.05, 3.63) is 65.2 Å². The Morgan fingerprint density at radius 2 is 1.36 bits per heavy atom. The first-order valence-electron chi connectivity index (χ1n) is 8.73. The molecule has 2 N–H and O–H groups in total. The quantitative estimate of drug-likeness (QED) is 0.809. The Morgan fingerprint density at radius 1 is 0.840 bits per heavy atom. The van der Waals surface area contributed by atoms with Gasteiger partial charge >= 0.3 is 0 Å². The summed E-state index contributed by atoms with van der Waals surface area (Å²) in [6.45, 7) is 8.25. The second kappa shape index (κ2) is 8.47. The summed E-state index contributed by atoms with van der Waals surface area (Å²) < 4.78 is 0. The van der Waals surface area contributed by atoms with Gasteiger partial charge in [-0.3, -0.25) is 9.59 Å². The number of hydrogen-bond donors (Lipinski definition) is 2. The van der Waals surface area contributed by atoms with Crippen LogP contribution < -0.4 is 10.6 Å². The molecule has 0 heterocycles. The van der Waals surface area contributed by atoms with E-state index in [1.807, 2.05) is 38.1 Å². The maximum absolute atomic E-state index is 12.3. The van der Waals surface area contributed by atoms with Crippen molar-refractivity contribution >= 4 is 17.5 Å². The molecule has 0 aliphatic heterocycles. The Morgan fingerprint density at radius 3 is 1.84 bits per heavy atom. The highest BCUT2D eigenvalue weighted by Gasteiger charge is 2.11. The zero-order chi connectivity index (χ0) is 18.4. The van der Waals surface area contributed by atoms with Gasteiger partial charge in [0.25, 0.3) is 11.8 Å². The first kappa shape index (κ1) is 18.7. The van der Waals surface area contributed by atoms with Crippen LogP contribution in [0.5, 0.6) is 0 Å². The van der Waals surface area contributed by atoms with Crippen molar-refractivity contribution in [2.24, 2.45) is 0 Å². The molecular formula is C21H26N2O2. The molecule has 1 atom stereocenters. The van der Waals surface area contributed by atoms with Crippen LogP contribution in [-0.2, 0) is 0 Å². The van der Waals surface area contributed by atoms with Crippen molar-refractivity contribution < 1.29 is 9.59 Å². The summed E-state index contributed by atoms with van der Waals surface area (Å²) in [5.74, 6) is 0.149. The normalized spacial score (nSPS) is 11.9. The van der Waals surface area contributed by atoms with Crippen molar-refractivity contribution in [2.75, 3.05) is 5.32 Å². The summed E-state index contributed by atoms with van der Waals surface area (Å²) in [5, 5.41) is 5.78. The van der Waals surface area contributed by atoms with Crippen LogP contribution in [0.25, 0.3) is 0 Å². The first-order valence-corrected chi connectivity index (χ1v) is 8.73. The molecule has 0 radical (unpaired) electrons. The van der Waals surface area contributed by atoms with Crippen molar-refractivity contribution in [1.29, 1.82) is 0 Å². The minimum Gasteiger partial charge on any atom is -0.350 e. The Hall–Kier alpha value is -2.62. The summed E-state index contributed by atoms with van der Waals surface area (Å²) in [5.41, 5.74) is 3.06. The molecule has 0 aliphatic carbocycles. The summed E-state index contributed by atoms with van der Waals surface area (Å²) >= 11 is 0. The Bertz CT molecular complexity index is 719. The second-order valence-corrected chi connectivity index (χ2v) is 6.59. The predicted molar refractivity (Wildman–Crippen MR) is 102 cm³/mol. The first-order chi connectivity index (χ1) is 11.9. The summed E-state index contributed by atoms with van der Waals surface area (Å²) in [4.78, 5) is 24.4.